The highest BCUT2D eigenvalue weighted by Gasteiger charge is 2.28. The van der Waals surface area contributed by atoms with Crippen LogP contribution in [0.3, 0.4) is 0 Å². The Balaban J connectivity index is 1.41. The van der Waals surface area contributed by atoms with Gasteiger partial charge in [0.05, 0.1) is 29.2 Å². The van der Waals surface area contributed by atoms with Gasteiger partial charge < -0.3 is 9.47 Å². The Morgan fingerprint density at radius 3 is 2.46 bits per heavy atom. The van der Waals surface area contributed by atoms with Gasteiger partial charge >= 0.3 is 0 Å². The van der Waals surface area contributed by atoms with Crippen LogP contribution < -0.4 is 10.2 Å². The molecule has 0 spiro atoms. The summed E-state index contributed by atoms with van der Waals surface area (Å²) in [5.41, 5.74) is 4.13. The van der Waals surface area contributed by atoms with E-state index in [0.29, 0.717) is 12.4 Å². The molecule has 0 amide bonds. The van der Waals surface area contributed by atoms with Crippen molar-refractivity contribution in [3.05, 3.63) is 94.0 Å². The molecule has 0 atom stereocenters. The second-order valence-electron chi connectivity index (χ2n) is 7.67. The molecule has 0 aliphatic carbocycles. The predicted octanol–water partition coefficient (Wildman–Crippen LogP) is 3.64. The van der Waals surface area contributed by atoms with Gasteiger partial charge in [0.1, 0.15) is 18.0 Å². The first-order chi connectivity index (χ1) is 16.9. The van der Waals surface area contributed by atoms with E-state index < -0.39 is 14.9 Å². The van der Waals surface area contributed by atoms with Gasteiger partial charge in [0.2, 0.25) is 10.0 Å². The van der Waals surface area contributed by atoms with Crippen molar-refractivity contribution in [1.29, 1.82) is 0 Å². The number of morpholine rings is 1. The van der Waals surface area contributed by atoms with Gasteiger partial charge in [-0.2, -0.15) is 9.41 Å². The molecular formula is C24H24N4O6S. The van der Waals surface area contributed by atoms with Crippen molar-refractivity contribution in [3.8, 4) is 5.75 Å². The Bertz CT molecular complexity index is 1290. The lowest BCUT2D eigenvalue weighted by Crippen LogP contribution is -2.40. The first-order valence-corrected chi connectivity index (χ1v) is 12.3. The van der Waals surface area contributed by atoms with Crippen LogP contribution in [0.4, 0.5) is 11.4 Å². The normalized spacial score (nSPS) is 14.6. The number of nitrogens with one attached hydrogen (secondary N) is 1. The van der Waals surface area contributed by atoms with Gasteiger partial charge in [0.15, 0.2) is 0 Å². The largest absolute Gasteiger partial charge is 0.489 e. The average molecular weight is 497 g/mol. The number of nitro groups is 1. The summed E-state index contributed by atoms with van der Waals surface area (Å²) in [6, 6.07) is 20.7. The van der Waals surface area contributed by atoms with Gasteiger partial charge in [0, 0.05) is 19.2 Å². The molecule has 1 aliphatic heterocycles. The number of rotatable bonds is 9. The molecule has 3 aromatic rings. The van der Waals surface area contributed by atoms with E-state index in [1.165, 1.54) is 22.7 Å². The summed E-state index contributed by atoms with van der Waals surface area (Å²) in [7, 11) is -3.85. The molecule has 35 heavy (non-hydrogen) atoms. The number of nitro benzene ring substituents is 1. The molecule has 4 rings (SSSR count). The monoisotopic (exact) mass is 496 g/mol. The number of hydrogen-bond acceptors (Lipinski definition) is 8. The van der Waals surface area contributed by atoms with Crippen LogP contribution in [0, 0.1) is 10.1 Å². The summed E-state index contributed by atoms with van der Waals surface area (Å²) in [5, 5.41) is 15.6. The van der Waals surface area contributed by atoms with Gasteiger partial charge in [-0.1, -0.05) is 30.3 Å². The zero-order valence-corrected chi connectivity index (χ0v) is 19.6. The zero-order chi connectivity index (χ0) is 24.7. The molecule has 182 valence electrons. The molecule has 1 saturated heterocycles. The maximum atomic E-state index is 12.8. The van der Waals surface area contributed by atoms with Crippen LogP contribution in [-0.2, 0) is 21.4 Å². The van der Waals surface area contributed by atoms with Crippen LogP contribution in [0.15, 0.2) is 82.8 Å². The van der Waals surface area contributed by atoms with E-state index in [9.17, 15) is 18.5 Å². The highest BCUT2D eigenvalue weighted by atomic mass is 32.2. The maximum absolute atomic E-state index is 12.8. The Morgan fingerprint density at radius 2 is 1.77 bits per heavy atom. The molecule has 11 heteroatoms. The lowest BCUT2D eigenvalue weighted by molar-refractivity contribution is -0.384. The van der Waals surface area contributed by atoms with Crippen molar-refractivity contribution in [3.63, 3.8) is 0 Å². The molecule has 1 N–H and O–H groups in total. The van der Waals surface area contributed by atoms with E-state index in [4.69, 9.17) is 9.47 Å². The third-order valence-corrected chi connectivity index (χ3v) is 7.20. The van der Waals surface area contributed by atoms with Crippen LogP contribution in [-0.4, -0.2) is 50.2 Å². The van der Waals surface area contributed by atoms with E-state index >= 15 is 0 Å². The predicted molar refractivity (Wildman–Crippen MR) is 131 cm³/mol. The van der Waals surface area contributed by atoms with Crippen molar-refractivity contribution in [2.24, 2.45) is 5.10 Å². The molecule has 1 aliphatic rings. The summed E-state index contributed by atoms with van der Waals surface area (Å²) in [6.45, 7) is 1.44. The number of hydrogen-bond donors (Lipinski definition) is 1. The van der Waals surface area contributed by atoms with Gasteiger partial charge in [-0.15, -0.1) is 0 Å². The second kappa shape index (κ2) is 11.1. The van der Waals surface area contributed by atoms with E-state index in [1.807, 2.05) is 30.3 Å². The second-order valence-corrected chi connectivity index (χ2v) is 9.60. The molecule has 0 aromatic heterocycles. The minimum Gasteiger partial charge on any atom is -0.489 e. The van der Waals surface area contributed by atoms with E-state index in [0.717, 1.165) is 17.2 Å². The minimum absolute atomic E-state index is 0.0787. The average Bonchev–Trinajstić information content (AvgIpc) is 2.89. The maximum Gasteiger partial charge on any atom is 0.295 e. The van der Waals surface area contributed by atoms with E-state index in [1.54, 1.807) is 24.3 Å². The lowest BCUT2D eigenvalue weighted by Gasteiger charge is -2.26. The zero-order valence-electron chi connectivity index (χ0n) is 18.7. The highest BCUT2D eigenvalue weighted by molar-refractivity contribution is 7.89. The first kappa shape index (κ1) is 24.3. The van der Waals surface area contributed by atoms with Gasteiger partial charge in [-0.05, 0) is 47.5 Å². The molecule has 0 unspecified atom stereocenters. The van der Waals surface area contributed by atoms with E-state index in [2.05, 4.69) is 10.5 Å². The number of anilines is 1. The Hall–Kier alpha value is -3.80. The fraction of sp³-hybridized carbons (Fsp3) is 0.208. The molecule has 0 saturated carbocycles. The summed E-state index contributed by atoms with van der Waals surface area (Å²) in [4.78, 5) is 10.8. The Labute approximate surface area is 203 Å². The van der Waals surface area contributed by atoms with E-state index in [-0.39, 0.29) is 42.6 Å². The Morgan fingerprint density at radius 1 is 1.06 bits per heavy atom. The number of sulfonamides is 1. The van der Waals surface area contributed by atoms with Gasteiger partial charge in [-0.3, -0.25) is 15.5 Å². The quantitative estimate of drug-likeness (QED) is 0.272. The summed E-state index contributed by atoms with van der Waals surface area (Å²) >= 11 is 0. The fourth-order valence-corrected chi connectivity index (χ4v) is 4.85. The topological polar surface area (TPSA) is 123 Å². The summed E-state index contributed by atoms with van der Waals surface area (Å²) in [5.74, 6) is 0.701. The summed E-state index contributed by atoms with van der Waals surface area (Å²) < 4.78 is 37.8. The third-order valence-electron chi connectivity index (χ3n) is 5.30. The number of hydrazone groups is 1. The lowest BCUT2D eigenvalue weighted by atomic mass is 10.2. The molecule has 3 aromatic carbocycles. The SMILES string of the molecule is O=[N+]([O-])c1cc(S(=O)(=O)N2CCOCC2)ccc1N/N=C/c1ccc(OCc2ccccc2)cc1. The molecular weight excluding hydrogens is 472 g/mol. The molecule has 10 nitrogen and oxygen atoms in total. The fourth-order valence-electron chi connectivity index (χ4n) is 3.42. The summed E-state index contributed by atoms with van der Waals surface area (Å²) in [6.07, 6.45) is 1.50. The van der Waals surface area contributed by atoms with Gasteiger partial charge in [0.25, 0.3) is 5.69 Å². The number of benzene rings is 3. The van der Waals surface area contributed by atoms with Gasteiger partial charge in [-0.25, -0.2) is 8.42 Å². The van der Waals surface area contributed by atoms with Crippen LogP contribution in [0.25, 0.3) is 0 Å². The van der Waals surface area contributed by atoms with Crippen molar-refractivity contribution < 1.29 is 22.8 Å². The van der Waals surface area contributed by atoms with Crippen molar-refractivity contribution in [1.82, 2.24) is 4.31 Å². The first-order valence-electron chi connectivity index (χ1n) is 10.9. The minimum atomic E-state index is -3.85. The van der Waals surface area contributed by atoms with Crippen LogP contribution in [0.1, 0.15) is 11.1 Å². The smallest absolute Gasteiger partial charge is 0.295 e. The molecule has 0 bridgehead atoms. The number of nitrogens with zero attached hydrogens (tertiary/aromatic N) is 3. The van der Waals surface area contributed by atoms with Crippen LogP contribution >= 0.6 is 0 Å². The van der Waals surface area contributed by atoms with Crippen molar-refractivity contribution >= 4 is 27.6 Å². The Kier molecular flexibility index (Phi) is 7.70. The number of ether oxygens (including phenoxy) is 2. The standard InChI is InChI=1S/C24H24N4O6S/c29-28(30)24-16-22(35(31,32)27-12-14-33-15-13-27)10-11-23(24)26-25-17-19-6-8-21(9-7-19)34-18-20-4-2-1-3-5-20/h1-11,16-17,26H,12-15,18H2/b25-17+. The van der Waals surface area contributed by atoms with Crippen LogP contribution in [0.5, 0.6) is 5.75 Å². The molecule has 0 radical (unpaired) electrons. The van der Waals surface area contributed by atoms with Crippen LogP contribution in [0.2, 0.25) is 0 Å². The molecule has 1 fully saturated rings. The molecule has 1 heterocycles. The third kappa shape index (κ3) is 6.21. The van der Waals surface area contributed by atoms with Crippen molar-refractivity contribution in [2.75, 3.05) is 31.7 Å². The van der Waals surface area contributed by atoms with Crippen molar-refractivity contribution in [2.45, 2.75) is 11.5 Å². The highest BCUT2D eigenvalue weighted by Crippen LogP contribution is 2.29.